The fourth-order valence-electron chi connectivity index (χ4n) is 4.43. The second-order valence-electron chi connectivity index (χ2n) is 8.14. The zero-order chi connectivity index (χ0) is 23.7. The maximum absolute atomic E-state index is 13.7. The first kappa shape index (κ1) is 21.7. The zero-order valence-electron chi connectivity index (χ0n) is 18.9. The molecule has 0 saturated carbocycles. The fourth-order valence-corrected chi connectivity index (χ4v) is 4.43. The molecule has 0 aliphatic carbocycles. The van der Waals surface area contributed by atoms with Crippen LogP contribution in [0.2, 0.25) is 0 Å². The first-order valence-corrected chi connectivity index (χ1v) is 11.0. The minimum Gasteiger partial charge on any atom is -0.497 e. The predicted molar refractivity (Wildman–Crippen MR) is 127 cm³/mol. The Morgan fingerprint density at radius 2 is 1.53 bits per heavy atom. The quantitative estimate of drug-likeness (QED) is 0.423. The summed E-state index contributed by atoms with van der Waals surface area (Å²) in [6.45, 7) is 0.498. The van der Waals surface area contributed by atoms with Gasteiger partial charge in [0.1, 0.15) is 23.0 Å². The van der Waals surface area contributed by atoms with E-state index in [4.69, 9.17) is 9.47 Å². The van der Waals surface area contributed by atoms with Crippen LogP contribution in [0.3, 0.4) is 0 Å². The van der Waals surface area contributed by atoms with Crippen LogP contribution < -0.4 is 9.47 Å². The number of hydrogen-bond donors (Lipinski definition) is 1. The van der Waals surface area contributed by atoms with E-state index in [-0.39, 0.29) is 17.8 Å². The van der Waals surface area contributed by atoms with Gasteiger partial charge in [0, 0.05) is 17.7 Å². The van der Waals surface area contributed by atoms with Gasteiger partial charge in [0.05, 0.1) is 26.0 Å². The highest BCUT2D eigenvalue weighted by Crippen LogP contribution is 2.43. The lowest BCUT2D eigenvalue weighted by Gasteiger charge is -2.26. The molecule has 1 atom stereocenters. The second-order valence-corrected chi connectivity index (χ2v) is 8.14. The molecule has 7 heteroatoms. The molecule has 5 rings (SSSR count). The van der Waals surface area contributed by atoms with Gasteiger partial charge in [-0.1, -0.05) is 24.3 Å². The van der Waals surface area contributed by atoms with Crippen LogP contribution in [-0.2, 0) is 6.42 Å². The van der Waals surface area contributed by atoms with Gasteiger partial charge in [0.2, 0.25) is 0 Å². The molecule has 6 nitrogen and oxygen atoms in total. The predicted octanol–water partition coefficient (Wildman–Crippen LogP) is 5.02. The van der Waals surface area contributed by atoms with E-state index in [1.165, 1.54) is 12.1 Å². The number of rotatable bonds is 7. The molecule has 0 radical (unpaired) electrons. The first-order chi connectivity index (χ1) is 16.6. The molecule has 1 unspecified atom stereocenters. The maximum atomic E-state index is 13.7. The molecule has 172 valence electrons. The number of carbonyl (C=O) groups excluding carboxylic acids is 1. The molecule has 34 heavy (non-hydrogen) atoms. The highest BCUT2D eigenvalue weighted by Gasteiger charge is 2.41. The first-order valence-electron chi connectivity index (χ1n) is 11.0. The van der Waals surface area contributed by atoms with Gasteiger partial charge in [-0.3, -0.25) is 9.89 Å². The molecular formula is C27H24FN3O3. The van der Waals surface area contributed by atoms with Crippen molar-refractivity contribution in [1.29, 1.82) is 0 Å². The van der Waals surface area contributed by atoms with Crippen molar-refractivity contribution in [3.63, 3.8) is 0 Å². The van der Waals surface area contributed by atoms with Crippen LogP contribution in [0.15, 0.2) is 72.8 Å². The Labute approximate surface area is 196 Å². The summed E-state index contributed by atoms with van der Waals surface area (Å²) in [6.07, 6.45) is 0.670. The van der Waals surface area contributed by atoms with E-state index in [0.29, 0.717) is 24.4 Å². The maximum Gasteiger partial charge on any atom is 0.273 e. The van der Waals surface area contributed by atoms with Gasteiger partial charge < -0.3 is 14.4 Å². The lowest BCUT2D eigenvalue weighted by atomic mass is 9.96. The Hall–Kier alpha value is -4.13. The van der Waals surface area contributed by atoms with Crippen LogP contribution in [0, 0.1) is 5.82 Å². The Balaban J connectivity index is 1.52. The van der Waals surface area contributed by atoms with Gasteiger partial charge >= 0.3 is 0 Å². The van der Waals surface area contributed by atoms with Gasteiger partial charge in [-0.15, -0.1) is 0 Å². The molecule has 1 aliphatic rings. The molecule has 0 fully saturated rings. The lowest BCUT2D eigenvalue weighted by Crippen LogP contribution is -2.31. The molecule has 0 saturated heterocycles. The zero-order valence-corrected chi connectivity index (χ0v) is 18.9. The Morgan fingerprint density at radius 3 is 2.15 bits per heavy atom. The number of aromatic nitrogens is 2. The number of benzene rings is 3. The fraction of sp³-hybridized carbons (Fsp3) is 0.185. The van der Waals surface area contributed by atoms with Crippen molar-refractivity contribution in [2.24, 2.45) is 0 Å². The topological polar surface area (TPSA) is 67.5 Å². The summed E-state index contributed by atoms with van der Waals surface area (Å²) < 4.78 is 24.2. The molecule has 1 aromatic heterocycles. The summed E-state index contributed by atoms with van der Waals surface area (Å²) >= 11 is 0. The number of carbonyl (C=O) groups is 1. The van der Waals surface area contributed by atoms with E-state index in [9.17, 15) is 9.18 Å². The smallest absolute Gasteiger partial charge is 0.273 e. The SMILES string of the molecule is COc1ccc(CCN2C(=O)c3[nH]nc(-c4ccc(OC)cc4)c3C2c2ccc(F)cc2)cc1. The normalized spacial score (nSPS) is 14.9. The molecule has 0 spiro atoms. The second kappa shape index (κ2) is 9.02. The average Bonchev–Trinajstić information content (AvgIpc) is 3.42. The van der Waals surface area contributed by atoms with Crippen molar-refractivity contribution in [1.82, 2.24) is 15.1 Å². The third kappa shape index (κ3) is 3.90. The molecule has 1 amide bonds. The van der Waals surface area contributed by atoms with E-state index >= 15 is 0 Å². The van der Waals surface area contributed by atoms with Gasteiger partial charge in [-0.05, 0) is 66.1 Å². The summed E-state index contributed by atoms with van der Waals surface area (Å²) in [5, 5.41) is 7.43. The number of halogens is 1. The number of hydrogen-bond acceptors (Lipinski definition) is 4. The van der Waals surface area contributed by atoms with Crippen LogP contribution in [0.5, 0.6) is 11.5 Å². The van der Waals surface area contributed by atoms with Gasteiger partial charge in [-0.2, -0.15) is 5.10 Å². The molecular weight excluding hydrogens is 433 g/mol. The number of amides is 1. The van der Waals surface area contributed by atoms with Crippen LogP contribution in [0.1, 0.15) is 33.2 Å². The van der Waals surface area contributed by atoms with Crippen molar-refractivity contribution in [3.8, 4) is 22.8 Å². The average molecular weight is 458 g/mol. The summed E-state index contributed by atoms with van der Waals surface area (Å²) in [7, 11) is 3.25. The number of H-pyrrole nitrogens is 1. The van der Waals surface area contributed by atoms with Crippen molar-refractivity contribution >= 4 is 5.91 Å². The molecule has 1 N–H and O–H groups in total. The van der Waals surface area contributed by atoms with E-state index in [1.54, 1.807) is 26.4 Å². The van der Waals surface area contributed by atoms with Crippen LogP contribution in [0.4, 0.5) is 4.39 Å². The Kier molecular flexibility index (Phi) is 5.76. The largest absolute Gasteiger partial charge is 0.497 e. The standard InChI is InChI=1S/C27H24FN3O3/c1-33-21-11-3-17(4-12-21)15-16-31-26(19-5-9-20(28)10-6-19)23-24(29-30-25(23)27(31)32)18-7-13-22(34-2)14-8-18/h3-14,26H,15-16H2,1-2H3,(H,29,30). The van der Waals surface area contributed by atoms with E-state index in [2.05, 4.69) is 10.2 Å². The Morgan fingerprint density at radius 1 is 0.912 bits per heavy atom. The molecule has 4 aromatic rings. The Bertz CT molecular complexity index is 1300. The van der Waals surface area contributed by atoms with E-state index < -0.39 is 0 Å². The number of aromatic amines is 1. The van der Waals surface area contributed by atoms with Crippen molar-refractivity contribution in [3.05, 3.63) is 101 Å². The number of ether oxygens (including phenoxy) is 2. The summed E-state index contributed by atoms with van der Waals surface area (Å²) in [4.78, 5) is 15.3. The van der Waals surface area contributed by atoms with Crippen LogP contribution >= 0.6 is 0 Å². The third-order valence-electron chi connectivity index (χ3n) is 6.21. The summed E-state index contributed by atoms with van der Waals surface area (Å²) in [5.74, 6) is 1.09. The molecule has 3 aromatic carbocycles. The van der Waals surface area contributed by atoms with E-state index in [1.807, 2.05) is 53.4 Å². The highest BCUT2D eigenvalue weighted by atomic mass is 19.1. The monoisotopic (exact) mass is 457 g/mol. The molecule has 0 bridgehead atoms. The van der Waals surface area contributed by atoms with Crippen molar-refractivity contribution in [2.75, 3.05) is 20.8 Å². The van der Waals surface area contributed by atoms with E-state index in [0.717, 1.165) is 33.8 Å². The molecule has 2 heterocycles. The number of methoxy groups -OCH3 is 2. The number of nitrogens with zero attached hydrogens (tertiary/aromatic N) is 2. The summed E-state index contributed by atoms with van der Waals surface area (Å²) in [5.41, 5.74) is 4.77. The van der Waals surface area contributed by atoms with Crippen molar-refractivity contribution in [2.45, 2.75) is 12.5 Å². The number of fused-ring (bicyclic) bond motifs is 1. The third-order valence-corrected chi connectivity index (χ3v) is 6.21. The lowest BCUT2D eigenvalue weighted by molar-refractivity contribution is 0.0746. The molecule has 1 aliphatic heterocycles. The minimum atomic E-state index is -0.378. The van der Waals surface area contributed by atoms with Gasteiger partial charge in [0.25, 0.3) is 5.91 Å². The van der Waals surface area contributed by atoms with Gasteiger partial charge in [-0.25, -0.2) is 4.39 Å². The summed E-state index contributed by atoms with van der Waals surface area (Å²) in [6, 6.07) is 21.3. The highest BCUT2D eigenvalue weighted by molar-refractivity contribution is 6.00. The number of nitrogens with one attached hydrogen (secondary N) is 1. The van der Waals surface area contributed by atoms with Crippen LogP contribution in [-0.4, -0.2) is 41.8 Å². The van der Waals surface area contributed by atoms with Crippen molar-refractivity contribution < 1.29 is 18.7 Å². The van der Waals surface area contributed by atoms with Crippen LogP contribution in [0.25, 0.3) is 11.3 Å². The van der Waals surface area contributed by atoms with Gasteiger partial charge in [0.15, 0.2) is 0 Å². The minimum absolute atomic E-state index is 0.120.